The van der Waals surface area contributed by atoms with E-state index in [2.05, 4.69) is 36.0 Å². The van der Waals surface area contributed by atoms with Gasteiger partial charge < -0.3 is 10.0 Å². The van der Waals surface area contributed by atoms with Gasteiger partial charge in [0.1, 0.15) is 5.82 Å². The standard InChI is InChI=1S/C18H26N4O2/c1-13-19-16(21-20-13)14-7-5-8-15(11-14)17(24)22(9-6-10-23)12-18(2,3)4/h5,7-8,11,23H,6,9-10,12H2,1-4H3,(H,19,20,21). The van der Waals surface area contributed by atoms with Gasteiger partial charge in [-0.25, -0.2) is 4.98 Å². The maximum absolute atomic E-state index is 12.9. The summed E-state index contributed by atoms with van der Waals surface area (Å²) in [5, 5.41) is 16.1. The number of aromatic nitrogens is 3. The van der Waals surface area contributed by atoms with Gasteiger partial charge >= 0.3 is 0 Å². The smallest absolute Gasteiger partial charge is 0.253 e. The minimum atomic E-state index is -0.0347. The fraction of sp³-hybridized carbons (Fsp3) is 0.500. The van der Waals surface area contributed by atoms with Crippen LogP contribution in [0.15, 0.2) is 24.3 Å². The summed E-state index contributed by atoms with van der Waals surface area (Å²) in [7, 11) is 0. The SMILES string of the molecule is Cc1nc(-c2cccc(C(=O)N(CCCO)CC(C)(C)C)c2)n[nH]1. The van der Waals surface area contributed by atoms with Crippen molar-refractivity contribution in [2.45, 2.75) is 34.1 Å². The predicted molar refractivity (Wildman–Crippen MR) is 93.6 cm³/mol. The number of amides is 1. The van der Waals surface area contributed by atoms with Crippen LogP contribution in [0.5, 0.6) is 0 Å². The summed E-state index contributed by atoms with van der Waals surface area (Å²) in [4.78, 5) is 19.0. The van der Waals surface area contributed by atoms with Crippen molar-refractivity contribution < 1.29 is 9.90 Å². The molecule has 130 valence electrons. The first-order valence-electron chi connectivity index (χ1n) is 8.20. The van der Waals surface area contributed by atoms with E-state index in [0.29, 0.717) is 30.9 Å². The highest BCUT2D eigenvalue weighted by Crippen LogP contribution is 2.20. The van der Waals surface area contributed by atoms with Gasteiger partial charge in [-0.05, 0) is 30.9 Å². The summed E-state index contributed by atoms with van der Waals surface area (Å²) in [6.45, 7) is 9.37. The van der Waals surface area contributed by atoms with Crippen LogP contribution in [-0.4, -0.2) is 50.8 Å². The minimum absolute atomic E-state index is 0.0103. The zero-order chi connectivity index (χ0) is 17.7. The Bertz CT molecular complexity index is 688. The molecule has 24 heavy (non-hydrogen) atoms. The van der Waals surface area contributed by atoms with Crippen molar-refractivity contribution >= 4 is 5.91 Å². The Morgan fingerprint density at radius 3 is 2.67 bits per heavy atom. The molecule has 6 heteroatoms. The number of H-pyrrole nitrogens is 1. The van der Waals surface area contributed by atoms with Crippen molar-refractivity contribution in [3.8, 4) is 11.4 Å². The monoisotopic (exact) mass is 330 g/mol. The van der Waals surface area contributed by atoms with Crippen molar-refractivity contribution in [2.75, 3.05) is 19.7 Å². The highest BCUT2D eigenvalue weighted by atomic mass is 16.3. The Balaban J connectivity index is 2.25. The van der Waals surface area contributed by atoms with E-state index in [0.717, 1.165) is 11.4 Å². The average molecular weight is 330 g/mol. The van der Waals surface area contributed by atoms with Gasteiger partial charge in [0.25, 0.3) is 5.91 Å². The third kappa shape index (κ3) is 4.89. The van der Waals surface area contributed by atoms with Crippen LogP contribution in [-0.2, 0) is 0 Å². The third-order valence-corrected chi connectivity index (χ3v) is 3.50. The number of nitrogens with one attached hydrogen (secondary N) is 1. The van der Waals surface area contributed by atoms with E-state index in [-0.39, 0.29) is 17.9 Å². The number of benzene rings is 1. The van der Waals surface area contributed by atoms with Crippen molar-refractivity contribution in [2.24, 2.45) is 5.41 Å². The van der Waals surface area contributed by atoms with E-state index in [4.69, 9.17) is 5.11 Å². The Morgan fingerprint density at radius 1 is 1.33 bits per heavy atom. The Labute approximate surface area is 142 Å². The molecule has 2 N–H and O–H groups in total. The molecule has 0 saturated heterocycles. The van der Waals surface area contributed by atoms with Gasteiger partial charge in [0.05, 0.1) is 0 Å². The molecule has 0 bridgehead atoms. The van der Waals surface area contributed by atoms with Crippen molar-refractivity contribution in [1.82, 2.24) is 20.1 Å². The molecule has 0 saturated carbocycles. The summed E-state index contributed by atoms with van der Waals surface area (Å²) in [6, 6.07) is 7.36. The van der Waals surface area contributed by atoms with Gasteiger partial charge in [-0.2, -0.15) is 5.10 Å². The lowest BCUT2D eigenvalue weighted by Crippen LogP contribution is -2.38. The number of aliphatic hydroxyl groups is 1. The summed E-state index contributed by atoms with van der Waals surface area (Å²) in [6.07, 6.45) is 0.571. The minimum Gasteiger partial charge on any atom is -0.396 e. The molecule has 0 atom stereocenters. The summed E-state index contributed by atoms with van der Waals surface area (Å²) < 4.78 is 0. The van der Waals surface area contributed by atoms with Gasteiger partial charge in [-0.1, -0.05) is 32.9 Å². The molecular formula is C18H26N4O2. The van der Waals surface area contributed by atoms with Gasteiger partial charge in [-0.15, -0.1) is 0 Å². The summed E-state index contributed by atoms with van der Waals surface area (Å²) in [5.74, 6) is 1.28. The number of aryl methyl sites for hydroxylation is 1. The van der Waals surface area contributed by atoms with Crippen LogP contribution < -0.4 is 0 Å². The first-order chi connectivity index (χ1) is 11.3. The van der Waals surface area contributed by atoms with Crippen LogP contribution in [0.3, 0.4) is 0 Å². The Hall–Kier alpha value is -2.21. The number of aliphatic hydroxyl groups excluding tert-OH is 1. The Kier molecular flexibility index (Phi) is 5.72. The van der Waals surface area contributed by atoms with E-state index in [9.17, 15) is 4.79 Å². The molecule has 0 aliphatic carbocycles. The van der Waals surface area contributed by atoms with Crippen molar-refractivity contribution in [1.29, 1.82) is 0 Å². The number of rotatable bonds is 6. The molecule has 0 fully saturated rings. The van der Waals surface area contributed by atoms with Gasteiger partial charge in [0.2, 0.25) is 0 Å². The molecule has 0 aliphatic rings. The molecule has 2 rings (SSSR count). The zero-order valence-electron chi connectivity index (χ0n) is 14.8. The van der Waals surface area contributed by atoms with Crippen molar-refractivity contribution in [3.05, 3.63) is 35.7 Å². The number of carbonyl (C=O) groups excluding carboxylic acids is 1. The lowest BCUT2D eigenvalue weighted by molar-refractivity contribution is 0.0682. The second-order valence-corrected chi connectivity index (χ2v) is 7.19. The van der Waals surface area contributed by atoms with Crippen LogP contribution in [0.25, 0.3) is 11.4 Å². The average Bonchev–Trinajstić information content (AvgIpc) is 2.96. The summed E-state index contributed by atoms with van der Waals surface area (Å²) in [5.41, 5.74) is 1.41. The molecule has 0 aliphatic heterocycles. The van der Waals surface area contributed by atoms with Crippen LogP contribution in [0.4, 0.5) is 0 Å². The van der Waals surface area contributed by atoms with E-state index in [1.807, 2.05) is 25.1 Å². The highest BCUT2D eigenvalue weighted by molar-refractivity contribution is 5.95. The van der Waals surface area contributed by atoms with Crippen LogP contribution in [0.2, 0.25) is 0 Å². The molecule has 1 aromatic heterocycles. The van der Waals surface area contributed by atoms with E-state index in [1.54, 1.807) is 11.0 Å². The number of hydrogen-bond donors (Lipinski definition) is 2. The number of hydrogen-bond acceptors (Lipinski definition) is 4. The third-order valence-electron chi connectivity index (χ3n) is 3.50. The first kappa shape index (κ1) is 18.1. The quantitative estimate of drug-likeness (QED) is 0.853. The predicted octanol–water partition coefficient (Wildman–Crippen LogP) is 2.65. The molecule has 1 amide bonds. The molecule has 2 aromatic rings. The van der Waals surface area contributed by atoms with E-state index >= 15 is 0 Å². The molecule has 1 aromatic carbocycles. The zero-order valence-corrected chi connectivity index (χ0v) is 14.8. The molecule has 6 nitrogen and oxygen atoms in total. The topological polar surface area (TPSA) is 82.1 Å². The summed E-state index contributed by atoms with van der Waals surface area (Å²) >= 11 is 0. The fourth-order valence-electron chi connectivity index (χ4n) is 2.53. The van der Waals surface area contributed by atoms with E-state index < -0.39 is 0 Å². The maximum Gasteiger partial charge on any atom is 0.253 e. The van der Waals surface area contributed by atoms with Crippen LogP contribution in [0.1, 0.15) is 43.4 Å². The second kappa shape index (κ2) is 7.57. The van der Waals surface area contributed by atoms with Crippen molar-refractivity contribution in [3.63, 3.8) is 0 Å². The normalized spacial score (nSPS) is 11.5. The molecule has 0 unspecified atom stereocenters. The highest BCUT2D eigenvalue weighted by Gasteiger charge is 2.22. The fourth-order valence-corrected chi connectivity index (χ4v) is 2.53. The van der Waals surface area contributed by atoms with Crippen LogP contribution in [0, 0.1) is 12.3 Å². The van der Waals surface area contributed by atoms with E-state index in [1.165, 1.54) is 0 Å². The molecule has 1 heterocycles. The number of carbonyl (C=O) groups is 1. The molecular weight excluding hydrogens is 304 g/mol. The van der Waals surface area contributed by atoms with Gasteiger partial charge in [-0.3, -0.25) is 9.89 Å². The molecule has 0 spiro atoms. The largest absolute Gasteiger partial charge is 0.396 e. The number of nitrogens with zero attached hydrogens (tertiary/aromatic N) is 3. The second-order valence-electron chi connectivity index (χ2n) is 7.19. The van der Waals surface area contributed by atoms with Gasteiger partial charge in [0, 0.05) is 30.8 Å². The van der Waals surface area contributed by atoms with Gasteiger partial charge in [0.15, 0.2) is 5.82 Å². The lowest BCUT2D eigenvalue weighted by Gasteiger charge is -2.30. The maximum atomic E-state index is 12.9. The first-order valence-corrected chi connectivity index (χ1v) is 8.20. The van der Waals surface area contributed by atoms with Crippen LogP contribution >= 0.6 is 0 Å². The lowest BCUT2D eigenvalue weighted by atomic mass is 9.95. The number of aromatic amines is 1. The Morgan fingerprint density at radius 2 is 2.08 bits per heavy atom. The molecule has 0 radical (unpaired) electrons.